The number of likely N-dealkylation sites (tertiary alicyclic amines) is 1. The van der Waals surface area contributed by atoms with Crippen molar-refractivity contribution in [1.82, 2.24) is 10.1 Å². The monoisotopic (exact) mass is 110 g/mol. The molecular formula is C5H11BN2. The minimum atomic E-state index is 0.528. The summed E-state index contributed by atoms with van der Waals surface area (Å²) in [5.74, 6) is 0. The predicted molar refractivity (Wildman–Crippen MR) is 34.8 cm³/mol. The third kappa shape index (κ3) is 1.23. The van der Waals surface area contributed by atoms with Crippen LogP contribution in [0.1, 0.15) is 6.42 Å². The first kappa shape index (κ1) is 6.11. The van der Waals surface area contributed by atoms with Crippen LogP contribution in [0, 0.1) is 0 Å². The number of nitrogens with zero attached hydrogens (tertiary/aromatic N) is 1. The summed E-state index contributed by atoms with van der Waals surface area (Å²) in [7, 11) is 7.33. The Kier molecular flexibility index (Phi) is 1.92. The van der Waals surface area contributed by atoms with E-state index in [4.69, 9.17) is 7.98 Å². The molecule has 1 aliphatic heterocycles. The molecule has 44 valence electrons. The fourth-order valence-electron chi connectivity index (χ4n) is 1.07. The molecule has 1 fully saturated rings. The molecule has 0 aliphatic carbocycles. The second kappa shape index (κ2) is 2.51. The first-order valence-corrected chi connectivity index (χ1v) is 2.97. The predicted octanol–water partition coefficient (Wildman–Crippen LogP) is -0.636. The maximum atomic E-state index is 5.22. The van der Waals surface area contributed by atoms with Gasteiger partial charge in [-0.3, -0.25) is 0 Å². The van der Waals surface area contributed by atoms with Gasteiger partial charge in [-0.05, 0) is 20.0 Å². The molecule has 8 heavy (non-hydrogen) atoms. The van der Waals surface area contributed by atoms with Gasteiger partial charge in [-0.1, -0.05) is 0 Å². The lowest BCUT2D eigenvalue weighted by Crippen LogP contribution is -2.28. The fourth-order valence-corrected chi connectivity index (χ4v) is 1.07. The van der Waals surface area contributed by atoms with E-state index in [-0.39, 0.29) is 0 Å². The molecule has 0 bridgehead atoms. The van der Waals surface area contributed by atoms with Gasteiger partial charge in [-0.2, -0.15) is 0 Å². The normalized spacial score (nSPS) is 31.4. The van der Waals surface area contributed by atoms with Gasteiger partial charge in [0.1, 0.15) is 0 Å². The second-order valence-electron chi connectivity index (χ2n) is 2.41. The van der Waals surface area contributed by atoms with Gasteiger partial charge in [0.05, 0.1) is 0 Å². The zero-order valence-electron chi connectivity index (χ0n) is 5.22. The molecule has 1 aliphatic rings. The van der Waals surface area contributed by atoms with E-state index in [1.807, 2.05) is 0 Å². The molecule has 0 saturated carbocycles. The van der Waals surface area contributed by atoms with Crippen LogP contribution in [0.3, 0.4) is 0 Å². The molecule has 0 aromatic rings. The van der Waals surface area contributed by atoms with Gasteiger partial charge in [0.25, 0.3) is 0 Å². The third-order valence-electron chi connectivity index (χ3n) is 1.63. The second-order valence-corrected chi connectivity index (χ2v) is 2.41. The standard InChI is InChI=1S/C5H11BN2/c1-8-3-2-5(4-8)7-6/h5,7H,2-4H2,1H3/t5-/m0/s1. The minimum Gasteiger partial charge on any atom is -0.363 e. The molecule has 3 heteroatoms. The lowest BCUT2D eigenvalue weighted by molar-refractivity contribution is 0.408. The largest absolute Gasteiger partial charge is 0.363 e. The Bertz CT molecular complexity index is 76.8. The van der Waals surface area contributed by atoms with Gasteiger partial charge in [-0.25, -0.2) is 0 Å². The highest BCUT2D eigenvalue weighted by Crippen LogP contribution is 2.03. The first-order chi connectivity index (χ1) is 3.83. The molecule has 1 atom stereocenters. The third-order valence-corrected chi connectivity index (χ3v) is 1.63. The van der Waals surface area contributed by atoms with Crippen LogP contribution in [0.5, 0.6) is 0 Å². The van der Waals surface area contributed by atoms with Gasteiger partial charge < -0.3 is 10.1 Å². The van der Waals surface area contributed by atoms with Crippen LogP contribution >= 0.6 is 0 Å². The summed E-state index contributed by atoms with van der Waals surface area (Å²) < 4.78 is 0. The van der Waals surface area contributed by atoms with Crippen molar-refractivity contribution in [1.29, 1.82) is 0 Å². The average Bonchev–Trinajstić information content (AvgIpc) is 2.14. The lowest BCUT2D eigenvalue weighted by atomic mass is 10.2. The molecule has 1 rings (SSSR count). The zero-order chi connectivity index (χ0) is 5.98. The summed E-state index contributed by atoms with van der Waals surface area (Å²) in [6.45, 7) is 2.27. The van der Waals surface area contributed by atoms with Crippen molar-refractivity contribution in [3.63, 3.8) is 0 Å². The van der Waals surface area contributed by atoms with Gasteiger partial charge in [-0.15, -0.1) is 0 Å². The lowest BCUT2D eigenvalue weighted by Gasteiger charge is -2.07. The van der Waals surface area contributed by atoms with E-state index < -0.39 is 0 Å². The van der Waals surface area contributed by atoms with Crippen molar-refractivity contribution in [2.45, 2.75) is 12.5 Å². The first-order valence-electron chi connectivity index (χ1n) is 2.97. The molecule has 0 spiro atoms. The minimum absolute atomic E-state index is 0.528. The molecule has 1 saturated heterocycles. The molecule has 0 aromatic heterocycles. The molecule has 2 nitrogen and oxygen atoms in total. The Balaban J connectivity index is 2.22. The van der Waals surface area contributed by atoms with E-state index in [0.29, 0.717) is 6.04 Å². The number of rotatable bonds is 1. The SMILES string of the molecule is [B]N[C@H]1CCN(C)C1. The maximum Gasteiger partial charge on any atom is 0.178 e. The van der Waals surface area contributed by atoms with Gasteiger partial charge in [0, 0.05) is 12.6 Å². The van der Waals surface area contributed by atoms with Crippen molar-refractivity contribution < 1.29 is 0 Å². The summed E-state index contributed by atoms with van der Waals surface area (Å²) in [5, 5.41) is 2.75. The summed E-state index contributed by atoms with van der Waals surface area (Å²) in [6.07, 6.45) is 1.19. The van der Waals surface area contributed by atoms with Crippen molar-refractivity contribution in [2.75, 3.05) is 20.1 Å². The highest BCUT2D eigenvalue weighted by Gasteiger charge is 2.15. The van der Waals surface area contributed by atoms with Crippen LogP contribution in [-0.4, -0.2) is 39.1 Å². The van der Waals surface area contributed by atoms with E-state index in [0.717, 1.165) is 6.54 Å². The maximum absolute atomic E-state index is 5.22. The van der Waals surface area contributed by atoms with Crippen LogP contribution in [0.15, 0.2) is 0 Å². The van der Waals surface area contributed by atoms with Crippen LogP contribution in [0.2, 0.25) is 0 Å². The van der Waals surface area contributed by atoms with E-state index in [1.165, 1.54) is 13.0 Å². The Morgan fingerprint density at radius 1 is 1.75 bits per heavy atom. The summed E-state index contributed by atoms with van der Waals surface area (Å²) in [6, 6.07) is 0.528. The average molecular weight is 110 g/mol. The van der Waals surface area contributed by atoms with Gasteiger partial charge >= 0.3 is 0 Å². The van der Waals surface area contributed by atoms with Crippen molar-refractivity contribution in [3.8, 4) is 0 Å². The zero-order valence-corrected chi connectivity index (χ0v) is 5.22. The Morgan fingerprint density at radius 2 is 2.50 bits per heavy atom. The highest BCUT2D eigenvalue weighted by molar-refractivity contribution is 6.04. The topological polar surface area (TPSA) is 15.3 Å². The number of hydrogen-bond donors (Lipinski definition) is 1. The van der Waals surface area contributed by atoms with E-state index >= 15 is 0 Å². The smallest absolute Gasteiger partial charge is 0.178 e. The quantitative estimate of drug-likeness (QED) is 0.452. The van der Waals surface area contributed by atoms with E-state index in [2.05, 4.69) is 17.2 Å². The van der Waals surface area contributed by atoms with Crippen molar-refractivity contribution in [2.24, 2.45) is 0 Å². The molecule has 1 N–H and O–H groups in total. The molecule has 0 amide bonds. The summed E-state index contributed by atoms with van der Waals surface area (Å²) >= 11 is 0. The summed E-state index contributed by atoms with van der Waals surface area (Å²) in [4.78, 5) is 2.27. The molecule has 0 aromatic carbocycles. The Labute approximate surface area is 51.7 Å². The van der Waals surface area contributed by atoms with E-state index in [9.17, 15) is 0 Å². The van der Waals surface area contributed by atoms with Crippen LogP contribution in [-0.2, 0) is 0 Å². The molecular weight excluding hydrogens is 98.9 g/mol. The number of likely N-dealkylation sites (N-methyl/N-ethyl adjacent to an activating group) is 1. The fraction of sp³-hybridized carbons (Fsp3) is 1.00. The van der Waals surface area contributed by atoms with E-state index in [1.54, 1.807) is 0 Å². The number of nitrogens with one attached hydrogen (secondary N) is 1. The molecule has 1 heterocycles. The van der Waals surface area contributed by atoms with Gasteiger partial charge in [0.2, 0.25) is 0 Å². The van der Waals surface area contributed by atoms with Crippen LogP contribution in [0.25, 0.3) is 0 Å². The molecule has 0 unspecified atom stereocenters. The Hall–Kier alpha value is -0.0151. The van der Waals surface area contributed by atoms with Crippen LogP contribution < -0.4 is 5.23 Å². The van der Waals surface area contributed by atoms with Gasteiger partial charge in [0.15, 0.2) is 7.98 Å². The highest BCUT2D eigenvalue weighted by atomic mass is 15.1. The van der Waals surface area contributed by atoms with Crippen molar-refractivity contribution in [3.05, 3.63) is 0 Å². The van der Waals surface area contributed by atoms with Crippen LogP contribution in [0.4, 0.5) is 0 Å². The Morgan fingerprint density at radius 3 is 2.75 bits per heavy atom. The number of hydrogen-bond acceptors (Lipinski definition) is 2. The summed E-state index contributed by atoms with van der Waals surface area (Å²) in [5.41, 5.74) is 0. The van der Waals surface area contributed by atoms with Crippen molar-refractivity contribution >= 4 is 7.98 Å². The molecule has 2 radical (unpaired) electrons.